The van der Waals surface area contributed by atoms with Gasteiger partial charge >= 0.3 is 0 Å². The van der Waals surface area contributed by atoms with Crippen LogP contribution in [0, 0.1) is 13.8 Å². The Morgan fingerprint density at radius 2 is 1.86 bits per heavy atom. The zero-order valence-corrected chi connectivity index (χ0v) is 14.2. The number of likely N-dealkylation sites (N-methyl/N-ethyl adjacent to an activating group) is 1. The highest BCUT2D eigenvalue weighted by molar-refractivity contribution is 6.32. The molecule has 2 heterocycles. The van der Waals surface area contributed by atoms with Gasteiger partial charge in [0.25, 0.3) is 0 Å². The molecular weight excluding hydrogens is 298 g/mol. The van der Waals surface area contributed by atoms with Crippen LogP contribution >= 0.6 is 11.6 Å². The third-order valence-corrected chi connectivity index (χ3v) is 5.33. The van der Waals surface area contributed by atoms with E-state index in [1.165, 1.54) is 18.0 Å². The highest BCUT2D eigenvalue weighted by Crippen LogP contribution is 2.22. The monoisotopic (exact) mass is 321 g/mol. The van der Waals surface area contributed by atoms with E-state index in [2.05, 4.69) is 12.0 Å². The van der Waals surface area contributed by atoms with Crippen LogP contribution in [0.3, 0.4) is 0 Å². The summed E-state index contributed by atoms with van der Waals surface area (Å²) in [6.07, 6.45) is 0. The van der Waals surface area contributed by atoms with Crippen molar-refractivity contribution >= 4 is 22.5 Å². The molecule has 0 atom stereocenters. The summed E-state index contributed by atoms with van der Waals surface area (Å²) in [5.74, 6) is 0. The van der Waals surface area contributed by atoms with Gasteiger partial charge in [0, 0.05) is 16.1 Å². The first-order chi connectivity index (χ1) is 10.5. The maximum atomic E-state index is 12.9. The zero-order valence-electron chi connectivity index (χ0n) is 13.5. The molecule has 0 saturated carbocycles. The first-order valence-electron chi connectivity index (χ1n) is 7.93. The Bertz CT molecular complexity index is 761. The fourth-order valence-electron chi connectivity index (χ4n) is 3.30. The lowest BCUT2D eigenvalue weighted by Gasteiger charge is -2.27. The van der Waals surface area contributed by atoms with Gasteiger partial charge in [-0.15, -0.1) is 0 Å². The van der Waals surface area contributed by atoms with Crippen LogP contribution in [-0.4, -0.2) is 38.2 Å². The standard InChI is InChI=1S/C17H22ClN3O/c1-11-15(18)5-4-13-16(11)19-12(2)14(17(13)22)10-21-8-6-20(3)7-9-21/h4-5H,6-10H2,1-3H3,(H,19,22)/p+2. The van der Waals surface area contributed by atoms with E-state index in [9.17, 15) is 4.79 Å². The second kappa shape index (κ2) is 6.03. The molecule has 0 bridgehead atoms. The van der Waals surface area contributed by atoms with E-state index in [1.54, 1.807) is 4.90 Å². The smallest absolute Gasteiger partial charge is 0.198 e. The van der Waals surface area contributed by atoms with Gasteiger partial charge in [-0.3, -0.25) is 4.79 Å². The molecule has 4 nitrogen and oxygen atoms in total. The summed E-state index contributed by atoms with van der Waals surface area (Å²) >= 11 is 6.17. The van der Waals surface area contributed by atoms with Crippen molar-refractivity contribution in [1.29, 1.82) is 0 Å². The fourth-order valence-corrected chi connectivity index (χ4v) is 3.46. The van der Waals surface area contributed by atoms with Crippen LogP contribution in [0.4, 0.5) is 0 Å². The maximum absolute atomic E-state index is 12.9. The Labute approximate surface area is 135 Å². The molecule has 3 N–H and O–H groups in total. The molecule has 2 aromatic rings. The van der Waals surface area contributed by atoms with E-state index in [0.29, 0.717) is 5.02 Å². The molecule has 3 rings (SSSR count). The second-order valence-electron chi connectivity index (χ2n) is 6.54. The predicted molar refractivity (Wildman–Crippen MR) is 90.1 cm³/mol. The summed E-state index contributed by atoms with van der Waals surface area (Å²) in [6, 6.07) is 3.66. The van der Waals surface area contributed by atoms with E-state index < -0.39 is 0 Å². The van der Waals surface area contributed by atoms with E-state index in [4.69, 9.17) is 11.6 Å². The van der Waals surface area contributed by atoms with Crippen molar-refractivity contribution in [3.05, 3.63) is 44.2 Å². The van der Waals surface area contributed by atoms with Gasteiger partial charge in [-0.1, -0.05) is 11.6 Å². The summed E-state index contributed by atoms with van der Waals surface area (Å²) in [5, 5.41) is 1.45. The number of nitrogens with one attached hydrogen (secondary N) is 3. The molecule has 5 heteroatoms. The molecule has 22 heavy (non-hydrogen) atoms. The Balaban J connectivity index is 2.00. The van der Waals surface area contributed by atoms with Crippen LogP contribution in [0.5, 0.6) is 0 Å². The number of aryl methyl sites for hydroxylation is 2. The van der Waals surface area contributed by atoms with E-state index in [1.807, 2.05) is 26.0 Å². The minimum absolute atomic E-state index is 0.157. The number of quaternary nitrogens is 2. The normalized spacial score (nSPS) is 22.2. The molecule has 1 aromatic carbocycles. The number of pyridine rings is 1. The summed E-state index contributed by atoms with van der Waals surface area (Å²) < 4.78 is 0. The third kappa shape index (κ3) is 2.78. The van der Waals surface area contributed by atoms with Crippen molar-refractivity contribution in [2.45, 2.75) is 20.4 Å². The predicted octanol–water partition coefficient (Wildman–Crippen LogP) is -0.288. The fraction of sp³-hybridized carbons (Fsp3) is 0.471. The first-order valence-corrected chi connectivity index (χ1v) is 8.30. The maximum Gasteiger partial charge on any atom is 0.198 e. The topological polar surface area (TPSA) is 41.7 Å². The quantitative estimate of drug-likeness (QED) is 0.699. The lowest BCUT2D eigenvalue weighted by Crippen LogP contribution is -3.26. The summed E-state index contributed by atoms with van der Waals surface area (Å²) in [7, 11) is 2.23. The Hall–Kier alpha value is -1.36. The number of halogens is 1. The van der Waals surface area contributed by atoms with Crippen molar-refractivity contribution in [2.24, 2.45) is 0 Å². The van der Waals surface area contributed by atoms with E-state index in [0.717, 1.165) is 47.4 Å². The minimum Gasteiger partial charge on any atom is -0.358 e. The van der Waals surface area contributed by atoms with Gasteiger partial charge in [-0.05, 0) is 31.5 Å². The van der Waals surface area contributed by atoms with E-state index in [-0.39, 0.29) is 5.43 Å². The number of H-pyrrole nitrogens is 1. The zero-order chi connectivity index (χ0) is 15.9. The third-order valence-electron chi connectivity index (χ3n) is 4.92. The molecule has 1 aromatic heterocycles. The van der Waals surface area contributed by atoms with Crippen LogP contribution in [-0.2, 0) is 6.54 Å². The summed E-state index contributed by atoms with van der Waals surface area (Å²) in [5.41, 5.74) is 3.87. The van der Waals surface area contributed by atoms with Crippen molar-refractivity contribution in [3.8, 4) is 0 Å². The average molecular weight is 322 g/mol. The molecule has 1 saturated heterocycles. The Morgan fingerprint density at radius 1 is 1.18 bits per heavy atom. The first kappa shape index (κ1) is 15.5. The Morgan fingerprint density at radius 3 is 2.55 bits per heavy atom. The van der Waals surface area contributed by atoms with Crippen molar-refractivity contribution in [3.63, 3.8) is 0 Å². The van der Waals surface area contributed by atoms with Crippen LogP contribution in [0.15, 0.2) is 16.9 Å². The summed E-state index contributed by atoms with van der Waals surface area (Å²) in [4.78, 5) is 19.4. The molecule has 1 fully saturated rings. The molecule has 118 valence electrons. The number of aromatic nitrogens is 1. The van der Waals surface area contributed by atoms with E-state index >= 15 is 0 Å². The molecule has 0 unspecified atom stereocenters. The largest absolute Gasteiger partial charge is 0.358 e. The lowest BCUT2D eigenvalue weighted by atomic mass is 10.1. The molecule has 0 radical (unpaired) electrons. The van der Waals surface area contributed by atoms with Crippen LogP contribution in [0.2, 0.25) is 5.02 Å². The molecule has 1 aliphatic heterocycles. The SMILES string of the molecule is Cc1[nH]c2c(C)c(Cl)ccc2c(=O)c1C[NH+]1CC[NH+](C)CC1. The Kier molecular flexibility index (Phi) is 4.26. The molecule has 0 aliphatic carbocycles. The summed E-state index contributed by atoms with van der Waals surface area (Å²) in [6.45, 7) is 9.37. The van der Waals surface area contributed by atoms with Gasteiger partial charge < -0.3 is 14.8 Å². The minimum atomic E-state index is 0.157. The molecule has 1 aliphatic rings. The lowest BCUT2D eigenvalue weighted by molar-refractivity contribution is -1.01. The van der Waals surface area contributed by atoms with Crippen molar-refractivity contribution < 1.29 is 9.80 Å². The van der Waals surface area contributed by atoms with Gasteiger partial charge in [0.2, 0.25) is 0 Å². The number of benzene rings is 1. The molecular formula is C17H24ClN3O+2. The number of fused-ring (bicyclic) bond motifs is 1. The average Bonchev–Trinajstić information content (AvgIpc) is 2.50. The van der Waals surface area contributed by atoms with Crippen molar-refractivity contribution in [2.75, 3.05) is 33.2 Å². The number of rotatable bonds is 2. The molecule has 0 amide bonds. The van der Waals surface area contributed by atoms with Gasteiger partial charge in [0.15, 0.2) is 5.43 Å². The molecule has 0 spiro atoms. The van der Waals surface area contributed by atoms with Crippen LogP contribution in [0.1, 0.15) is 16.8 Å². The highest BCUT2D eigenvalue weighted by atomic mass is 35.5. The van der Waals surface area contributed by atoms with Crippen molar-refractivity contribution in [1.82, 2.24) is 4.98 Å². The highest BCUT2D eigenvalue weighted by Gasteiger charge is 2.22. The van der Waals surface area contributed by atoms with Crippen LogP contribution in [0.25, 0.3) is 10.9 Å². The van der Waals surface area contributed by atoms with Gasteiger partial charge in [0.05, 0.1) is 18.1 Å². The number of hydrogen-bond acceptors (Lipinski definition) is 1. The van der Waals surface area contributed by atoms with Gasteiger partial charge in [-0.25, -0.2) is 0 Å². The number of piperazine rings is 1. The van der Waals surface area contributed by atoms with Crippen LogP contribution < -0.4 is 15.2 Å². The van der Waals surface area contributed by atoms with Gasteiger partial charge in [0.1, 0.15) is 32.7 Å². The number of aromatic amines is 1. The second-order valence-corrected chi connectivity index (χ2v) is 6.94. The number of hydrogen-bond donors (Lipinski definition) is 3. The van der Waals surface area contributed by atoms with Gasteiger partial charge in [-0.2, -0.15) is 0 Å².